The molecular weight excluding hydrogens is 480 g/mol. The van der Waals surface area contributed by atoms with E-state index in [9.17, 15) is 4.79 Å². The van der Waals surface area contributed by atoms with Crippen molar-refractivity contribution in [2.75, 3.05) is 0 Å². The number of carbonyl (C=O) groups is 1. The lowest BCUT2D eigenvalue weighted by Gasteiger charge is -2.19. The molecule has 0 radical (unpaired) electrons. The van der Waals surface area contributed by atoms with E-state index in [1.165, 1.54) is 62.3 Å². The number of hydrogen-bond donors (Lipinski definition) is 1. The highest BCUT2D eigenvalue weighted by molar-refractivity contribution is 7.98. The van der Waals surface area contributed by atoms with E-state index in [2.05, 4.69) is 32.5 Å². The number of hydrogen-bond acceptors (Lipinski definition) is 6. The lowest BCUT2D eigenvalue weighted by Crippen LogP contribution is -2.35. The van der Waals surface area contributed by atoms with Gasteiger partial charge in [-0.2, -0.15) is 0 Å². The van der Waals surface area contributed by atoms with Gasteiger partial charge in [0.15, 0.2) is 10.9 Å². The van der Waals surface area contributed by atoms with Crippen LogP contribution >= 0.6 is 11.8 Å². The van der Waals surface area contributed by atoms with Gasteiger partial charge in [0.25, 0.3) is 5.91 Å². The first kappa shape index (κ1) is 27.3. The van der Waals surface area contributed by atoms with E-state index in [1.54, 1.807) is 4.68 Å². The zero-order valence-corrected chi connectivity index (χ0v) is 23.3. The van der Waals surface area contributed by atoms with Crippen molar-refractivity contribution in [2.45, 2.75) is 108 Å². The first-order valence-electron chi connectivity index (χ1n) is 13.8. The van der Waals surface area contributed by atoms with Crippen LogP contribution < -0.4 is 5.32 Å². The van der Waals surface area contributed by atoms with E-state index in [0.29, 0.717) is 16.6 Å². The Morgan fingerprint density at radius 2 is 1.46 bits per heavy atom. The standard InChI is InChI=1S/C29H40N6OS/c1-21-15-17-25(18-16-21)35-26(20-37-29-30-22(2)19-23(3)31-29)27(33-34-35)28(36)32-24-13-11-9-7-5-4-6-8-10-12-14-24/h15-19,24H,4-14,20H2,1-3H3,(H,32,36). The number of nitrogens with one attached hydrogen (secondary N) is 1. The first-order valence-corrected chi connectivity index (χ1v) is 14.8. The normalized spacial score (nSPS) is 16.1. The maximum Gasteiger partial charge on any atom is 0.274 e. The molecular formula is C29H40N6OS. The molecule has 2 heterocycles. The fraction of sp³-hybridized carbons (Fsp3) is 0.552. The van der Waals surface area contributed by atoms with Crippen LogP contribution in [0.1, 0.15) is 104 Å². The Kier molecular flexibility index (Phi) is 10.1. The van der Waals surface area contributed by atoms with Gasteiger partial charge < -0.3 is 5.32 Å². The topological polar surface area (TPSA) is 85.6 Å². The summed E-state index contributed by atoms with van der Waals surface area (Å²) < 4.78 is 1.78. The Morgan fingerprint density at radius 1 is 0.892 bits per heavy atom. The zero-order valence-electron chi connectivity index (χ0n) is 22.5. The van der Waals surface area contributed by atoms with Crippen molar-refractivity contribution < 1.29 is 4.79 Å². The van der Waals surface area contributed by atoms with Crippen LogP contribution in [0.5, 0.6) is 0 Å². The molecule has 1 saturated carbocycles. The van der Waals surface area contributed by atoms with Crippen LogP contribution in [0.4, 0.5) is 0 Å². The highest BCUT2D eigenvalue weighted by Crippen LogP contribution is 2.24. The minimum Gasteiger partial charge on any atom is -0.348 e. The predicted molar refractivity (Wildman–Crippen MR) is 149 cm³/mol. The van der Waals surface area contributed by atoms with Crippen molar-refractivity contribution in [3.05, 3.63) is 58.7 Å². The van der Waals surface area contributed by atoms with Gasteiger partial charge in [0.2, 0.25) is 0 Å². The Morgan fingerprint density at radius 3 is 2.05 bits per heavy atom. The average molecular weight is 521 g/mol. The second kappa shape index (κ2) is 13.7. The van der Waals surface area contributed by atoms with Gasteiger partial charge in [0, 0.05) is 23.2 Å². The lowest BCUT2D eigenvalue weighted by atomic mass is 9.98. The molecule has 7 nitrogen and oxygen atoms in total. The number of thioether (sulfide) groups is 1. The Bertz CT molecular complexity index is 1130. The van der Waals surface area contributed by atoms with Gasteiger partial charge in [-0.3, -0.25) is 4.79 Å². The van der Waals surface area contributed by atoms with Crippen LogP contribution in [0.3, 0.4) is 0 Å². The summed E-state index contributed by atoms with van der Waals surface area (Å²) in [5.74, 6) is 0.365. The zero-order chi connectivity index (χ0) is 26.0. The first-order chi connectivity index (χ1) is 18.0. The number of nitrogens with zero attached hydrogens (tertiary/aromatic N) is 5. The molecule has 1 amide bonds. The largest absolute Gasteiger partial charge is 0.348 e. The van der Waals surface area contributed by atoms with Crippen molar-refractivity contribution >= 4 is 17.7 Å². The molecule has 1 aliphatic rings. The second-order valence-electron chi connectivity index (χ2n) is 10.3. The molecule has 0 bridgehead atoms. The molecule has 1 N–H and O–H groups in total. The van der Waals surface area contributed by atoms with Gasteiger partial charge in [0.1, 0.15) is 0 Å². The predicted octanol–water partition coefficient (Wildman–Crippen LogP) is 6.68. The Balaban J connectivity index is 1.54. The smallest absolute Gasteiger partial charge is 0.274 e. The van der Waals surface area contributed by atoms with Gasteiger partial charge in [-0.1, -0.05) is 92.5 Å². The summed E-state index contributed by atoms with van der Waals surface area (Å²) in [6, 6.07) is 10.3. The second-order valence-corrected chi connectivity index (χ2v) is 11.2. The quantitative estimate of drug-likeness (QED) is 0.288. The van der Waals surface area contributed by atoms with E-state index >= 15 is 0 Å². The molecule has 8 heteroatoms. The van der Waals surface area contributed by atoms with Gasteiger partial charge in [-0.15, -0.1) is 5.10 Å². The summed E-state index contributed by atoms with van der Waals surface area (Å²) in [6.07, 6.45) is 13.5. The monoisotopic (exact) mass is 520 g/mol. The van der Waals surface area contributed by atoms with Crippen LogP contribution in [0, 0.1) is 20.8 Å². The number of aromatic nitrogens is 5. The van der Waals surface area contributed by atoms with E-state index < -0.39 is 0 Å². The molecule has 198 valence electrons. The molecule has 0 unspecified atom stereocenters. The Hall–Kier alpha value is -2.74. The molecule has 0 spiro atoms. The molecule has 1 fully saturated rings. The highest BCUT2D eigenvalue weighted by Gasteiger charge is 2.23. The van der Waals surface area contributed by atoms with Crippen LogP contribution in [0.2, 0.25) is 0 Å². The number of carbonyl (C=O) groups excluding carboxylic acids is 1. The highest BCUT2D eigenvalue weighted by atomic mass is 32.2. The third-order valence-electron chi connectivity index (χ3n) is 7.00. The SMILES string of the molecule is Cc1ccc(-n2nnc(C(=O)NC3CCCCCCCCCCC3)c2CSc2nc(C)cc(C)n2)cc1. The molecule has 0 atom stereocenters. The fourth-order valence-electron chi connectivity index (χ4n) is 4.95. The van der Waals surface area contributed by atoms with Crippen LogP contribution in [-0.4, -0.2) is 36.9 Å². The van der Waals surface area contributed by atoms with Crippen LogP contribution in [0.15, 0.2) is 35.5 Å². The number of rotatable bonds is 6. The minimum absolute atomic E-state index is 0.132. The number of aryl methyl sites for hydroxylation is 3. The van der Waals surface area contributed by atoms with E-state index in [-0.39, 0.29) is 11.9 Å². The van der Waals surface area contributed by atoms with Gasteiger partial charge in [-0.05, 0) is 51.8 Å². The molecule has 2 aromatic heterocycles. The summed E-state index contributed by atoms with van der Waals surface area (Å²) in [5.41, 5.74) is 5.08. The molecule has 0 aliphatic heterocycles. The van der Waals surface area contributed by atoms with Crippen molar-refractivity contribution in [2.24, 2.45) is 0 Å². The van der Waals surface area contributed by atoms with Crippen molar-refractivity contribution in [1.29, 1.82) is 0 Å². The van der Waals surface area contributed by atoms with Gasteiger partial charge >= 0.3 is 0 Å². The van der Waals surface area contributed by atoms with Crippen LogP contribution in [0.25, 0.3) is 5.69 Å². The van der Waals surface area contributed by atoms with Crippen molar-refractivity contribution in [3.63, 3.8) is 0 Å². The summed E-state index contributed by atoms with van der Waals surface area (Å²) >= 11 is 1.51. The average Bonchev–Trinajstić information content (AvgIpc) is 3.28. The summed E-state index contributed by atoms with van der Waals surface area (Å²) in [5, 5.41) is 12.8. The third-order valence-corrected chi connectivity index (χ3v) is 7.86. The summed E-state index contributed by atoms with van der Waals surface area (Å²) in [4.78, 5) is 22.7. The lowest BCUT2D eigenvalue weighted by molar-refractivity contribution is 0.0925. The Labute approximate surface area is 225 Å². The molecule has 0 saturated heterocycles. The van der Waals surface area contributed by atoms with Crippen LogP contribution in [-0.2, 0) is 5.75 Å². The van der Waals surface area contributed by atoms with E-state index in [0.717, 1.165) is 48.5 Å². The fourth-order valence-corrected chi connectivity index (χ4v) is 5.90. The minimum atomic E-state index is -0.132. The molecule has 1 aliphatic carbocycles. The molecule has 1 aromatic carbocycles. The molecule has 3 aromatic rings. The number of benzene rings is 1. The third kappa shape index (κ3) is 8.12. The maximum atomic E-state index is 13.6. The molecule has 37 heavy (non-hydrogen) atoms. The summed E-state index contributed by atoms with van der Waals surface area (Å²) in [6.45, 7) is 6.00. The van der Waals surface area contributed by atoms with Gasteiger partial charge in [0.05, 0.1) is 11.4 Å². The maximum absolute atomic E-state index is 13.6. The van der Waals surface area contributed by atoms with E-state index in [4.69, 9.17) is 0 Å². The van der Waals surface area contributed by atoms with Gasteiger partial charge in [-0.25, -0.2) is 14.6 Å². The van der Waals surface area contributed by atoms with E-state index in [1.807, 2.05) is 44.2 Å². The molecule has 4 rings (SSSR count). The summed E-state index contributed by atoms with van der Waals surface area (Å²) in [7, 11) is 0. The van der Waals surface area contributed by atoms with Crippen molar-refractivity contribution in [3.8, 4) is 5.69 Å². The van der Waals surface area contributed by atoms with Crippen molar-refractivity contribution in [1.82, 2.24) is 30.3 Å². The number of amides is 1.